The standard InChI is InChI=1S/C15H12F2N6O5S/c1-4-3-5(11(16)17)19-15-6(4)7(10(29-15)12(18)24)20-13(25)8-9(23(26)27)14(28-2)22-21-8/h3,11H,1-2H3,(H2,18,24)(H,20,25)(H,21,22). The second-order valence-electron chi connectivity index (χ2n) is 5.68. The van der Waals surface area contributed by atoms with Crippen LogP contribution in [-0.2, 0) is 0 Å². The number of hydrogen-bond donors (Lipinski definition) is 3. The number of halogens is 2. The van der Waals surface area contributed by atoms with Gasteiger partial charge in [-0.2, -0.15) is 0 Å². The van der Waals surface area contributed by atoms with Gasteiger partial charge in [-0.25, -0.2) is 13.8 Å². The van der Waals surface area contributed by atoms with Crippen LogP contribution in [-0.4, -0.2) is 39.0 Å². The van der Waals surface area contributed by atoms with Crippen molar-refractivity contribution in [3.63, 3.8) is 0 Å². The quantitative estimate of drug-likeness (QED) is 0.402. The molecule has 4 N–H and O–H groups in total. The van der Waals surface area contributed by atoms with E-state index in [2.05, 4.69) is 20.5 Å². The molecule has 3 aromatic rings. The van der Waals surface area contributed by atoms with Gasteiger partial charge in [-0.3, -0.25) is 24.8 Å². The van der Waals surface area contributed by atoms with E-state index < -0.39 is 46.1 Å². The summed E-state index contributed by atoms with van der Waals surface area (Å²) >= 11 is 0.717. The molecule has 0 atom stereocenters. The van der Waals surface area contributed by atoms with E-state index in [0.717, 1.165) is 24.5 Å². The number of nitrogens with one attached hydrogen (secondary N) is 2. The number of primary amides is 1. The lowest BCUT2D eigenvalue weighted by Gasteiger charge is -2.07. The molecule has 3 aromatic heterocycles. The molecule has 0 saturated carbocycles. The number of ether oxygens (including phenoxy) is 1. The first-order valence-corrected chi connectivity index (χ1v) is 8.57. The highest BCUT2D eigenvalue weighted by molar-refractivity contribution is 7.21. The van der Waals surface area contributed by atoms with Gasteiger partial charge in [0.15, 0.2) is 0 Å². The van der Waals surface area contributed by atoms with Crippen molar-refractivity contribution in [2.45, 2.75) is 13.3 Å². The van der Waals surface area contributed by atoms with Gasteiger partial charge in [0.25, 0.3) is 18.2 Å². The first-order chi connectivity index (χ1) is 13.6. The van der Waals surface area contributed by atoms with Gasteiger partial charge in [-0.15, -0.1) is 16.4 Å². The van der Waals surface area contributed by atoms with E-state index in [1.807, 2.05) is 0 Å². The average Bonchev–Trinajstić information content (AvgIpc) is 3.23. The lowest BCUT2D eigenvalue weighted by Crippen LogP contribution is -2.18. The Bertz CT molecular complexity index is 1160. The largest absolute Gasteiger partial charge is 0.475 e. The SMILES string of the molecule is COc1n[nH]c(C(=O)Nc2c(C(N)=O)sc3nc(C(F)F)cc(C)c23)c1[N+](=O)[O-]. The average molecular weight is 426 g/mol. The Kier molecular flexibility index (Phi) is 5.11. The molecule has 0 spiro atoms. The van der Waals surface area contributed by atoms with Crippen LogP contribution in [0.25, 0.3) is 10.2 Å². The summed E-state index contributed by atoms with van der Waals surface area (Å²) in [4.78, 5) is 38.6. The summed E-state index contributed by atoms with van der Waals surface area (Å²) in [6.45, 7) is 1.49. The molecule has 0 aliphatic carbocycles. The highest BCUT2D eigenvalue weighted by Gasteiger charge is 2.32. The van der Waals surface area contributed by atoms with Gasteiger partial charge in [0.1, 0.15) is 15.4 Å². The molecule has 0 bridgehead atoms. The Morgan fingerprint density at radius 3 is 2.69 bits per heavy atom. The monoisotopic (exact) mass is 426 g/mol. The van der Waals surface area contributed by atoms with Crippen LogP contribution in [0, 0.1) is 17.0 Å². The minimum atomic E-state index is -2.84. The first kappa shape index (κ1) is 20.1. The molecule has 0 saturated heterocycles. The number of pyridine rings is 1. The van der Waals surface area contributed by atoms with Crippen molar-refractivity contribution >= 4 is 44.7 Å². The molecular formula is C15H12F2N6O5S. The van der Waals surface area contributed by atoms with Crippen LogP contribution in [0.3, 0.4) is 0 Å². The van der Waals surface area contributed by atoms with Crippen molar-refractivity contribution in [2.24, 2.45) is 5.73 Å². The van der Waals surface area contributed by atoms with Crippen LogP contribution >= 0.6 is 11.3 Å². The number of carbonyl (C=O) groups excluding carboxylic acids is 2. The number of amides is 2. The maximum Gasteiger partial charge on any atom is 0.362 e. The fourth-order valence-corrected chi connectivity index (χ4v) is 3.74. The number of nitro groups is 1. The normalized spacial score (nSPS) is 11.1. The van der Waals surface area contributed by atoms with Gasteiger partial charge >= 0.3 is 11.6 Å². The molecule has 0 fully saturated rings. The summed E-state index contributed by atoms with van der Waals surface area (Å²) in [6.07, 6.45) is -2.84. The third-order valence-electron chi connectivity index (χ3n) is 3.88. The van der Waals surface area contributed by atoms with Crippen molar-refractivity contribution in [1.29, 1.82) is 0 Å². The summed E-state index contributed by atoms with van der Waals surface area (Å²) in [5.74, 6) is -2.35. The van der Waals surface area contributed by atoms with E-state index in [1.54, 1.807) is 0 Å². The molecule has 2 amide bonds. The van der Waals surface area contributed by atoms with E-state index in [-0.39, 0.29) is 20.8 Å². The predicted molar refractivity (Wildman–Crippen MR) is 97.6 cm³/mol. The van der Waals surface area contributed by atoms with Gasteiger partial charge in [0, 0.05) is 5.39 Å². The Morgan fingerprint density at radius 1 is 1.45 bits per heavy atom. The van der Waals surface area contributed by atoms with E-state index in [1.165, 1.54) is 6.92 Å². The number of alkyl halides is 2. The van der Waals surface area contributed by atoms with Crippen LogP contribution in [0.5, 0.6) is 5.88 Å². The molecule has 3 heterocycles. The summed E-state index contributed by atoms with van der Waals surface area (Å²) in [5.41, 5.74) is 3.82. The molecule has 29 heavy (non-hydrogen) atoms. The lowest BCUT2D eigenvalue weighted by molar-refractivity contribution is -0.386. The van der Waals surface area contributed by atoms with E-state index in [4.69, 9.17) is 10.5 Å². The smallest absolute Gasteiger partial charge is 0.362 e. The van der Waals surface area contributed by atoms with E-state index in [9.17, 15) is 28.5 Å². The fourth-order valence-electron chi connectivity index (χ4n) is 2.68. The number of nitrogens with zero attached hydrogens (tertiary/aromatic N) is 3. The van der Waals surface area contributed by atoms with Gasteiger partial charge in [-0.1, -0.05) is 0 Å². The Balaban J connectivity index is 2.14. The second-order valence-corrected chi connectivity index (χ2v) is 6.68. The second kappa shape index (κ2) is 7.38. The maximum absolute atomic E-state index is 13.0. The minimum Gasteiger partial charge on any atom is -0.475 e. The van der Waals surface area contributed by atoms with Gasteiger partial charge in [0.05, 0.1) is 17.7 Å². The van der Waals surface area contributed by atoms with Crippen LogP contribution in [0.2, 0.25) is 0 Å². The Labute approximate surface area is 164 Å². The number of H-pyrrole nitrogens is 1. The highest BCUT2D eigenvalue weighted by atomic mass is 32.1. The number of rotatable bonds is 6. The molecule has 11 nitrogen and oxygen atoms in total. The number of aromatic amines is 1. The van der Waals surface area contributed by atoms with Crippen LogP contribution in [0.15, 0.2) is 6.07 Å². The van der Waals surface area contributed by atoms with Crippen LogP contribution in [0.4, 0.5) is 20.2 Å². The molecule has 14 heteroatoms. The number of thiophene rings is 1. The van der Waals surface area contributed by atoms with E-state index >= 15 is 0 Å². The van der Waals surface area contributed by atoms with Crippen LogP contribution < -0.4 is 15.8 Å². The summed E-state index contributed by atoms with van der Waals surface area (Å²) in [5, 5.41) is 19.6. The summed E-state index contributed by atoms with van der Waals surface area (Å²) < 4.78 is 30.8. The molecule has 152 valence electrons. The number of fused-ring (bicyclic) bond motifs is 1. The van der Waals surface area contributed by atoms with Crippen LogP contribution in [0.1, 0.15) is 37.8 Å². The fraction of sp³-hybridized carbons (Fsp3) is 0.200. The van der Waals surface area contributed by atoms with Crippen molar-refractivity contribution < 1.29 is 28.0 Å². The molecule has 0 radical (unpaired) electrons. The third kappa shape index (κ3) is 3.44. The highest BCUT2D eigenvalue weighted by Crippen LogP contribution is 2.39. The van der Waals surface area contributed by atoms with E-state index in [0.29, 0.717) is 5.56 Å². The number of nitrogens with two attached hydrogens (primary N) is 1. The third-order valence-corrected chi connectivity index (χ3v) is 4.97. The van der Waals surface area contributed by atoms with Gasteiger partial charge in [-0.05, 0) is 18.6 Å². The molecule has 0 aromatic carbocycles. The molecule has 0 aliphatic rings. The number of aryl methyl sites for hydroxylation is 1. The van der Waals surface area contributed by atoms with Gasteiger partial charge < -0.3 is 15.8 Å². The molecular weight excluding hydrogens is 414 g/mol. The number of anilines is 1. The number of hydrogen-bond acceptors (Lipinski definition) is 8. The topological polar surface area (TPSA) is 166 Å². The Morgan fingerprint density at radius 2 is 2.14 bits per heavy atom. The summed E-state index contributed by atoms with van der Waals surface area (Å²) in [6, 6.07) is 1.11. The first-order valence-electron chi connectivity index (χ1n) is 7.75. The number of carbonyl (C=O) groups is 2. The predicted octanol–water partition coefficient (Wildman–Crippen LogP) is 2.53. The van der Waals surface area contributed by atoms with Gasteiger partial charge in [0.2, 0.25) is 5.69 Å². The zero-order valence-corrected chi connectivity index (χ0v) is 15.6. The van der Waals surface area contributed by atoms with Crippen molar-refractivity contribution in [3.8, 4) is 5.88 Å². The lowest BCUT2D eigenvalue weighted by atomic mass is 10.1. The zero-order valence-electron chi connectivity index (χ0n) is 14.8. The van der Waals surface area contributed by atoms with Crippen molar-refractivity contribution in [3.05, 3.63) is 38.0 Å². The Hall–Kier alpha value is -3.68. The molecule has 0 unspecified atom stereocenters. The molecule has 0 aliphatic heterocycles. The van der Waals surface area contributed by atoms with Crippen molar-refractivity contribution in [2.75, 3.05) is 12.4 Å². The minimum absolute atomic E-state index is 0.0566. The molecule has 3 rings (SSSR count). The number of methoxy groups -OCH3 is 1. The zero-order chi connectivity index (χ0) is 21.5. The van der Waals surface area contributed by atoms with Crippen molar-refractivity contribution in [1.82, 2.24) is 15.2 Å². The summed E-state index contributed by atoms with van der Waals surface area (Å²) in [7, 11) is 1.14. The maximum atomic E-state index is 13.0. The number of aromatic nitrogens is 3.